The minimum absolute atomic E-state index is 0.0354. The van der Waals surface area contributed by atoms with Crippen molar-refractivity contribution in [3.63, 3.8) is 0 Å². The molecule has 5 heteroatoms. The minimum atomic E-state index is -0.379. The summed E-state index contributed by atoms with van der Waals surface area (Å²) < 4.78 is 0. The SMILES string of the molecule is CC(C)CN1C(=O)c2ccccc2[C@@H](C(=O)NC2CCC(C)CC2)[C@H]1c1cccs1. The van der Waals surface area contributed by atoms with Gasteiger partial charge in [-0.25, -0.2) is 0 Å². The summed E-state index contributed by atoms with van der Waals surface area (Å²) in [6.07, 6.45) is 4.41. The fourth-order valence-electron chi connectivity index (χ4n) is 4.94. The smallest absolute Gasteiger partial charge is 0.254 e. The molecule has 4 rings (SSSR count). The Kier molecular flexibility index (Phi) is 6.28. The van der Waals surface area contributed by atoms with E-state index in [4.69, 9.17) is 0 Å². The molecule has 160 valence electrons. The second kappa shape index (κ2) is 8.93. The van der Waals surface area contributed by atoms with Gasteiger partial charge in [-0.2, -0.15) is 0 Å². The van der Waals surface area contributed by atoms with E-state index < -0.39 is 0 Å². The average Bonchev–Trinajstić information content (AvgIpc) is 3.25. The number of thiophene rings is 1. The zero-order valence-corrected chi connectivity index (χ0v) is 19.0. The van der Waals surface area contributed by atoms with Crippen molar-refractivity contribution in [2.24, 2.45) is 11.8 Å². The summed E-state index contributed by atoms with van der Waals surface area (Å²) in [4.78, 5) is 30.2. The lowest BCUT2D eigenvalue weighted by Gasteiger charge is -2.42. The van der Waals surface area contributed by atoms with E-state index in [0.717, 1.165) is 29.2 Å². The van der Waals surface area contributed by atoms with E-state index in [-0.39, 0.29) is 29.8 Å². The molecule has 2 aromatic rings. The first-order valence-corrected chi connectivity index (χ1v) is 12.1. The maximum atomic E-state index is 13.7. The summed E-state index contributed by atoms with van der Waals surface area (Å²) in [6.45, 7) is 7.17. The van der Waals surface area contributed by atoms with Gasteiger partial charge in [0.15, 0.2) is 0 Å². The number of nitrogens with one attached hydrogen (secondary N) is 1. The lowest BCUT2D eigenvalue weighted by molar-refractivity contribution is -0.125. The highest BCUT2D eigenvalue weighted by molar-refractivity contribution is 7.10. The number of benzene rings is 1. The summed E-state index contributed by atoms with van der Waals surface area (Å²) in [5, 5.41) is 5.39. The van der Waals surface area contributed by atoms with E-state index in [9.17, 15) is 9.59 Å². The number of fused-ring (bicyclic) bond motifs is 1. The molecular formula is C25H32N2O2S. The Morgan fingerprint density at radius 1 is 1.13 bits per heavy atom. The number of hydrogen-bond donors (Lipinski definition) is 1. The molecule has 30 heavy (non-hydrogen) atoms. The molecule has 1 aliphatic carbocycles. The highest BCUT2D eigenvalue weighted by Crippen LogP contribution is 2.44. The third-order valence-electron chi connectivity index (χ3n) is 6.48. The zero-order chi connectivity index (χ0) is 21.3. The molecule has 1 aromatic heterocycles. The molecule has 0 saturated heterocycles. The highest BCUT2D eigenvalue weighted by Gasteiger charge is 2.45. The Labute approximate surface area is 183 Å². The first kappa shape index (κ1) is 21.1. The molecule has 0 unspecified atom stereocenters. The van der Waals surface area contributed by atoms with Crippen LogP contribution in [0.1, 0.15) is 79.2 Å². The summed E-state index contributed by atoms with van der Waals surface area (Å²) in [6, 6.07) is 11.7. The molecule has 1 N–H and O–H groups in total. The average molecular weight is 425 g/mol. The number of amides is 2. The Bertz CT molecular complexity index is 884. The lowest BCUT2D eigenvalue weighted by Crippen LogP contribution is -2.50. The van der Waals surface area contributed by atoms with Crippen LogP contribution in [-0.4, -0.2) is 29.3 Å². The largest absolute Gasteiger partial charge is 0.353 e. The molecule has 0 radical (unpaired) electrons. The zero-order valence-electron chi connectivity index (χ0n) is 18.1. The van der Waals surface area contributed by atoms with Crippen molar-refractivity contribution in [3.8, 4) is 0 Å². The van der Waals surface area contributed by atoms with Crippen LogP contribution in [0.5, 0.6) is 0 Å². The van der Waals surface area contributed by atoms with E-state index in [1.165, 1.54) is 12.8 Å². The van der Waals surface area contributed by atoms with Gasteiger partial charge in [0, 0.05) is 23.0 Å². The molecule has 1 saturated carbocycles. The van der Waals surface area contributed by atoms with E-state index in [2.05, 4.69) is 32.2 Å². The third kappa shape index (κ3) is 4.18. The van der Waals surface area contributed by atoms with Crippen LogP contribution in [0.15, 0.2) is 41.8 Å². The van der Waals surface area contributed by atoms with Gasteiger partial charge in [-0.3, -0.25) is 9.59 Å². The first-order chi connectivity index (χ1) is 14.5. The van der Waals surface area contributed by atoms with Crippen LogP contribution < -0.4 is 5.32 Å². The monoisotopic (exact) mass is 424 g/mol. The van der Waals surface area contributed by atoms with Gasteiger partial charge in [0.1, 0.15) is 0 Å². The van der Waals surface area contributed by atoms with Gasteiger partial charge in [0.05, 0.1) is 12.0 Å². The van der Waals surface area contributed by atoms with Crippen molar-refractivity contribution >= 4 is 23.2 Å². The number of nitrogens with zero attached hydrogens (tertiary/aromatic N) is 1. The van der Waals surface area contributed by atoms with Crippen molar-refractivity contribution in [2.45, 2.75) is 64.5 Å². The molecule has 2 amide bonds. The molecule has 1 fully saturated rings. The Morgan fingerprint density at radius 2 is 1.87 bits per heavy atom. The van der Waals surface area contributed by atoms with Crippen LogP contribution in [0, 0.1) is 11.8 Å². The van der Waals surface area contributed by atoms with Gasteiger partial charge >= 0.3 is 0 Å². The summed E-state index contributed by atoms with van der Waals surface area (Å²) in [7, 11) is 0. The van der Waals surface area contributed by atoms with Gasteiger partial charge in [-0.15, -0.1) is 11.3 Å². The van der Waals surface area contributed by atoms with E-state index in [0.29, 0.717) is 18.0 Å². The minimum Gasteiger partial charge on any atom is -0.353 e. The number of hydrogen-bond acceptors (Lipinski definition) is 3. The molecule has 1 aromatic carbocycles. The molecule has 2 aliphatic rings. The lowest BCUT2D eigenvalue weighted by atomic mass is 9.80. The Balaban J connectivity index is 1.73. The van der Waals surface area contributed by atoms with Crippen molar-refractivity contribution in [3.05, 3.63) is 57.8 Å². The quantitative estimate of drug-likeness (QED) is 0.700. The summed E-state index contributed by atoms with van der Waals surface area (Å²) >= 11 is 1.63. The van der Waals surface area contributed by atoms with Crippen molar-refractivity contribution in [2.75, 3.05) is 6.54 Å². The number of carbonyl (C=O) groups excluding carboxylic acids is 2. The van der Waals surface area contributed by atoms with E-state index in [1.807, 2.05) is 40.6 Å². The second-order valence-electron chi connectivity index (χ2n) is 9.34. The molecule has 0 spiro atoms. The fraction of sp³-hybridized carbons (Fsp3) is 0.520. The molecular weight excluding hydrogens is 392 g/mol. The maximum absolute atomic E-state index is 13.7. The second-order valence-corrected chi connectivity index (χ2v) is 10.3. The molecule has 0 bridgehead atoms. The fourth-order valence-corrected chi connectivity index (χ4v) is 5.82. The van der Waals surface area contributed by atoms with Crippen LogP contribution >= 0.6 is 11.3 Å². The van der Waals surface area contributed by atoms with Crippen LogP contribution in [-0.2, 0) is 4.79 Å². The van der Waals surface area contributed by atoms with Gasteiger partial charge in [-0.1, -0.05) is 45.0 Å². The first-order valence-electron chi connectivity index (χ1n) is 11.2. The van der Waals surface area contributed by atoms with Crippen LogP contribution in [0.2, 0.25) is 0 Å². The van der Waals surface area contributed by atoms with Gasteiger partial charge in [-0.05, 0) is 60.6 Å². The third-order valence-corrected chi connectivity index (χ3v) is 7.42. The Hall–Kier alpha value is -2.14. The van der Waals surface area contributed by atoms with Crippen molar-refractivity contribution in [1.82, 2.24) is 10.2 Å². The highest BCUT2D eigenvalue weighted by atomic mass is 32.1. The summed E-state index contributed by atoms with van der Waals surface area (Å²) in [5.41, 5.74) is 1.53. The van der Waals surface area contributed by atoms with Crippen LogP contribution in [0.3, 0.4) is 0 Å². The van der Waals surface area contributed by atoms with Crippen molar-refractivity contribution in [1.29, 1.82) is 0 Å². The number of carbonyl (C=O) groups is 2. The van der Waals surface area contributed by atoms with Crippen LogP contribution in [0.4, 0.5) is 0 Å². The topological polar surface area (TPSA) is 49.4 Å². The number of rotatable bonds is 5. The molecule has 2 atom stereocenters. The molecule has 2 heterocycles. The van der Waals surface area contributed by atoms with Gasteiger partial charge < -0.3 is 10.2 Å². The standard InChI is InChI=1S/C25H32N2O2S/c1-16(2)15-27-23(21-9-6-14-30-21)22(19-7-4-5-8-20(19)25(27)29)24(28)26-18-12-10-17(3)11-13-18/h4-9,14,16-18,22-23H,10-13,15H2,1-3H3,(H,26,28)/t17?,18?,22-,23-/m1/s1. The summed E-state index contributed by atoms with van der Waals surface area (Å²) in [5.74, 6) is 0.780. The van der Waals surface area contributed by atoms with Gasteiger partial charge in [0.2, 0.25) is 5.91 Å². The van der Waals surface area contributed by atoms with Gasteiger partial charge in [0.25, 0.3) is 5.91 Å². The van der Waals surface area contributed by atoms with Crippen molar-refractivity contribution < 1.29 is 9.59 Å². The van der Waals surface area contributed by atoms with E-state index in [1.54, 1.807) is 11.3 Å². The van der Waals surface area contributed by atoms with E-state index >= 15 is 0 Å². The maximum Gasteiger partial charge on any atom is 0.254 e. The predicted molar refractivity (Wildman–Crippen MR) is 122 cm³/mol. The normalized spacial score (nSPS) is 26.5. The molecule has 4 nitrogen and oxygen atoms in total. The van der Waals surface area contributed by atoms with Crippen LogP contribution in [0.25, 0.3) is 0 Å². The Morgan fingerprint density at radius 3 is 2.53 bits per heavy atom. The predicted octanol–water partition coefficient (Wildman–Crippen LogP) is 5.38. The molecule has 1 aliphatic heterocycles.